The number of amides is 4. The number of nitrogens with zero attached hydrogens (tertiary/aromatic N) is 1. The van der Waals surface area contributed by atoms with Gasteiger partial charge in [0.25, 0.3) is 5.91 Å². The van der Waals surface area contributed by atoms with E-state index >= 15 is 0 Å². The fourth-order valence-electron chi connectivity index (χ4n) is 3.91. The second-order valence-corrected chi connectivity index (χ2v) is 7.53. The first-order valence-electron chi connectivity index (χ1n) is 10.2. The van der Waals surface area contributed by atoms with Crippen LogP contribution in [0.15, 0.2) is 18.2 Å². The molecule has 2 aliphatic rings. The second kappa shape index (κ2) is 9.80. The SMILES string of the molecule is COCCOc1cc(NC(=O)CCN2C(=O)NC3(CCCCC3)C2=O)ccc1OC. The Bertz CT molecular complexity index is 791. The van der Waals surface area contributed by atoms with E-state index in [9.17, 15) is 14.4 Å². The fraction of sp³-hybridized carbons (Fsp3) is 0.571. The van der Waals surface area contributed by atoms with Crippen molar-refractivity contribution in [2.45, 2.75) is 44.1 Å². The number of ether oxygens (including phenoxy) is 3. The highest BCUT2D eigenvalue weighted by Gasteiger charge is 2.51. The van der Waals surface area contributed by atoms with E-state index in [0.29, 0.717) is 43.2 Å². The largest absolute Gasteiger partial charge is 0.493 e. The molecule has 1 spiro atoms. The third kappa shape index (κ3) is 4.84. The third-order valence-electron chi connectivity index (χ3n) is 5.51. The molecule has 30 heavy (non-hydrogen) atoms. The summed E-state index contributed by atoms with van der Waals surface area (Å²) in [5, 5.41) is 5.63. The molecule has 1 aromatic carbocycles. The van der Waals surface area contributed by atoms with E-state index in [2.05, 4.69) is 10.6 Å². The van der Waals surface area contributed by atoms with Crippen LogP contribution in [0.2, 0.25) is 0 Å². The molecule has 9 nitrogen and oxygen atoms in total. The van der Waals surface area contributed by atoms with Gasteiger partial charge in [-0.2, -0.15) is 0 Å². The molecule has 9 heteroatoms. The standard InChI is InChI=1S/C21H29N3O6/c1-28-12-13-30-17-14-15(6-7-16(17)29-2)22-18(25)8-11-24-19(26)21(23-20(24)27)9-4-3-5-10-21/h6-7,14H,3-5,8-13H2,1-2H3,(H,22,25)(H,23,27). The van der Waals surface area contributed by atoms with Gasteiger partial charge >= 0.3 is 6.03 Å². The summed E-state index contributed by atoms with van der Waals surface area (Å²) in [5.41, 5.74) is -0.231. The first-order valence-corrected chi connectivity index (χ1v) is 10.2. The van der Waals surface area contributed by atoms with Gasteiger partial charge in [-0.1, -0.05) is 19.3 Å². The Labute approximate surface area is 176 Å². The van der Waals surface area contributed by atoms with E-state index in [0.717, 1.165) is 24.2 Å². The molecule has 0 bridgehead atoms. The van der Waals surface area contributed by atoms with Crippen LogP contribution in [0.25, 0.3) is 0 Å². The highest BCUT2D eigenvalue weighted by atomic mass is 16.5. The van der Waals surface area contributed by atoms with Crippen molar-refractivity contribution in [1.82, 2.24) is 10.2 Å². The van der Waals surface area contributed by atoms with Crippen LogP contribution >= 0.6 is 0 Å². The molecule has 0 radical (unpaired) electrons. The van der Waals surface area contributed by atoms with Crippen molar-refractivity contribution in [3.63, 3.8) is 0 Å². The average molecular weight is 419 g/mol. The summed E-state index contributed by atoms with van der Waals surface area (Å²) in [4.78, 5) is 38.6. The maximum Gasteiger partial charge on any atom is 0.325 e. The monoisotopic (exact) mass is 419 g/mol. The van der Waals surface area contributed by atoms with Crippen molar-refractivity contribution in [3.8, 4) is 11.5 Å². The maximum atomic E-state index is 12.8. The Hall–Kier alpha value is -2.81. The second-order valence-electron chi connectivity index (χ2n) is 7.53. The molecule has 0 unspecified atom stereocenters. The number of carbonyl (C=O) groups is 3. The van der Waals surface area contributed by atoms with E-state index in [4.69, 9.17) is 14.2 Å². The highest BCUT2D eigenvalue weighted by Crippen LogP contribution is 2.34. The summed E-state index contributed by atoms with van der Waals surface area (Å²) in [6, 6.07) is 4.65. The van der Waals surface area contributed by atoms with Crippen LogP contribution in [0, 0.1) is 0 Å². The Morgan fingerprint density at radius 2 is 1.90 bits per heavy atom. The number of methoxy groups -OCH3 is 2. The summed E-state index contributed by atoms with van der Waals surface area (Å²) >= 11 is 0. The van der Waals surface area contributed by atoms with Gasteiger partial charge < -0.3 is 24.8 Å². The molecular formula is C21H29N3O6. The van der Waals surface area contributed by atoms with Crippen LogP contribution in [0.1, 0.15) is 38.5 Å². The van der Waals surface area contributed by atoms with Gasteiger partial charge in [-0.3, -0.25) is 14.5 Å². The van der Waals surface area contributed by atoms with E-state index in [1.54, 1.807) is 25.3 Å². The minimum absolute atomic E-state index is 0.0150. The number of anilines is 1. The van der Waals surface area contributed by atoms with Gasteiger partial charge in [0.1, 0.15) is 12.1 Å². The van der Waals surface area contributed by atoms with Gasteiger partial charge in [0.05, 0.1) is 13.7 Å². The summed E-state index contributed by atoms with van der Waals surface area (Å²) in [5.74, 6) is 0.522. The van der Waals surface area contributed by atoms with Gasteiger partial charge in [-0.15, -0.1) is 0 Å². The van der Waals surface area contributed by atoms with Crippen molar-refractivity contribution in [3.05, 3.63) is 18.2 Å². The molecule has 1 aliphatic heterocycles. The van der Waals surface area contributed by atoms with Crippen LogP contribution in [0.5, 0.6) is 11.5 Å². The lowest BCUT2D eigenvalue weighted by molar-refractivity contribution is -0.132. The number of hydrogen-bond donors (Lipinski definition) is 2. The third-order valence-corrected chi connectivity index (χ3v) is 5.51. The number of urea groups is 1. The molecule has 2 N–H and O–H groups in total. The number of carbonyl (C=O) groups excluding carboxylic acids is 3. The van der Waals surface area contributed by atoms with Gasteiger partial charge in [-0.05, 0) is 25.0 Å². The fourth-order valence-corrected chi connectivity index (χ4v) is 3.91. The summed E-state index contributed by atoms with van der Waals surface area (Å²) < 4.78 is 15.9. The van der Waals surface area contributed by atoms with Crippen molar-refractivity contribution in [2.75, 3.05) is 39.3 Å². The molecule has 0 aromatic heterocycles. The molecule has 1 saturated heterocycles. The maximum absolute atomic E-state index is 12.8. The lowest BCUT2D eigenvalue weighted by Gasteiger charge is -2.30. The first-order chi connectivity index (χ1) is 14.5. The van der Waals surface area contributed by atoms with Crippen LogP contribution in [-0.4, -0.2) is 62.3 Å². The van der Waals surface area contributed by atoms with Crippen molar-refractivity contribution < 1.29 is 28.6 Å². The first kappa shape index (κ1) is 21.9. The Kier molecular flexibility index (Phi) is 7.15. The van der Waals surface area contributed by atoms with E-state index < -0.39 is 11.6 Å². The number of imide groups is 1. The average Bonchev–Trinajstić information content (AvgIpc) is 2.96. The smallest absolute Gasteiger partial charge is 0.325 e. The van der Waals surface area contributed by atoms with Gasteiger partial charge in [0, 0.05) is 31.8 Å². The van der Waals surface area contributed by atoms with Gasteiger partial charge in [0.2, 0.25) is 5.91 Å². The molecule has 3 rings (SSSR count). The summed E-state index contributed by atoms with van der Waals surface area (Å²) in [6.45, 7) is 0.816. The predicted molar refractivity (Wildman–Crippen MR) is 110 cm³/mol. The van der Waals surface area contributed by atoms with Crippen molar-refractivity contribution in [1.29, 1.82) is 0 Å². The van der Waals surface area contributed by atoms with Crippen LogP contribution in [-0.2, 0) is 14.3 Å². The minimum Gasteiger partial charge on any atom is -0.493 e. The molecule has 4 amide bonds. The van der Waals surface area contributed by atoms with E-state index in [-0.39, 0.29) is 24.8 Å². The lowest BCUT2D eigenvalue weighted by atomic mass is 9.82. The zero-order valence-electron chi connectivity index (χ0n) is 17.5. The van der Waals surface area contributed by atoms with Crippen LogP contribution in [0.3, 0.4) is 0 Å². The quantitative estimate of drug-likeness (QED) is 0.470. The van der Waals surface area contributed by atoms with Crippen LogP contribution < -0.4 is 20.1 Å². The molecule has 1 aromatic rings. The number of nitrogens with one attached hydrogen (secondary N) is 2. The predicted octanol–water partition coefficient (Wildman–Crippen LogP) is 2.30. The zero-order valence-corrected chi connectivity index (χ0v) is 17.5. The summed E-state index contributed by atoms with van der Waals surface area (Å²) in [6.07, 6.45) is 4.27. The Balaban J connectivity index is 1.56. The van der Waals surface area contributed by atoms with Gasteiger partial charge in [-0.25, -0.2) is 4.79 Å². The summed E-state index contributed by atoms with van der Waals surface area (Å²) in [7, 11) is 3.12. The van der Waals surface area contributed by atoms with E-state index in [1.165, 1.54) is 7.11 Å². The molecule has 1 saturated carbocycles. The molecule has 1 heterocycles. The molecule has 0 atom stereocenters. The van der Waals surface area contributed by atoms with Crippen LogP contribution in [0.4, 0.5) is 10.5 Å². The van der Waals surface area contributed by atoms with Crippen molar-refractivity contribution >= 4 is 23.5 Å². The molecule has 164 valence electrons. The molecule has 1 aliphatic carbocycles. The van der Waals surface area contributed by atoms with E-state index in [1.807, 2.05) is 0 Å². The Morgan fingerprint density at radius 1 is 1.13 bits per heavy atom. The zero-order chi connectivity index (χ0) is 21.6. The molecular weight excluding hydrogens is 390 g/mol. The van der Waals surface area contributed by atoms with Crippen molar-refractivity contribution in [2.24, 2.45) is 0 Å². The topological polar surface area (TPSA) is 106 Å². The lowest BCUT2D eigenvalue weighted by Crippen LogP contribution is -2.48. The highest BCUT2D eigenvalue weighted by molar-refractivity contribution is 6.07. The molecule has 2 fully saturated rings. The number of rotatable bonds is 9. The Morgan fingerprint density at radius 3 is 2.60 bits per heavy atom. The number of benzene rings is 1. The number of hydrogen-bond acceptors (Lipinski definition) is 6. The van der Waals surface area contributed by atoms with Gasteiger partial charge in [0.15, 0.2) is 11.5 Å². The normalized spacial score (nSPS) is 17.7. The minimum atomic E-state index is -0.768.